The molecule has 9 heteroatoms. The molecule has 0 unspecified atom stereocenters. The number of carbonyl (C=O) groups excluding carboxylic acids is 1. The SMILES string of the molecule is COCCC(=O)N1CCC[C@H](c2nc3c(N)nc4cc(-c5cc[nH]n5)ccc4c3n2C(C)C)C1. The average molecular weight is 462 g/mol. The highest BCUT2D eigenvalue weighted by Gasteiger charge is 2.30. The Balaban J connectivity index is 1.60. The zero-order valence-corrected chi connectivity index (χ0v) is 19.9. The summed E-state index contributed by atoms with van der Waals surface area (Å²) in [7, 11) is 1.62. The Morgan fingerprint density at radius 1 is 1.29 bits per heavy atom. The maximum Gasteiger partial charge on any atom is 0.224 e. The Hall–Kier alpha value is -3.46. The van der Waals surface area contributed by atoms with Crippen molar-refractivity contribution in [2.75, 3.05) is 32.5 Å². The fourth-order valence-corrected chi connectivity index (χ4v) is 5.05. The van der Waals surface area contributed by atoms with Gasteiger partial charge >= 0.3 is 0 Å². The number of imidazole rings is 1. The van der Waals surface area contributed by atoms with E-state index in [2.05, 4.69) is 40.7 Å². The first-order chi connectivity index (χ1) is 16.5. The van der Waals surface area contributed by atoms with Crippen LogP contribution in [0.3, 0.4) is 0 Å². The van der Waals surface area contributed by atoms with Gasteiger partial charge in [0.15, 0.2) is 5.82 Å². The number of anilines is 1. The van der Waals surface area contributed by atoms with E-state index in [1.165, 1.54) is 0 Å². The summed E-state index contributed by atoms with van der Waals surface area (Å²) >= 11 is 0. The van der Waals surface area contributed by atoms with Crippen molar-refractivity contribution in [3.8, 4) is 11.3 Å². The first kappa shape index (κ1) is 22.3. The summed E-state index contributed by atoms with van der Waals surface area (Å²) in [6.07, 6.45) is 4.15. The van der Waals surface area contributed by atoms with Crippen molar-refractivity contribution in [2.24, 2.45) is 0 Å². The van der Waals surface area contributed by atoms with Crippen LogP contribution in [-0.2, 0) is 9.53 Å². The number of rotatable bonds is 6. The number of aromatic amines is 1. The molecular weight excluding hydrogens is 430 g/mol. The van der Waals surface area contributed by atoms with Crippen LogP contribution >= 0.6 is 0 Å². The third-order valence-electron chi connectivity index (χ3n) is 6.65. The standard InChI is InChI=1S/C25H31N7O2/c1-15(2)32-23-18-7-6-16(19-8-10-27-30-19)13-20(18)28-24(26)22(23)29-25(32)17-5-4-11-31(14-17)21(33)9-12-34-3/h6-8,10,13,15,17H,4-5,9,11-12,14H2,1-3H3,(H2,26,28)(H,27,30)/t17-/m0/s1. The Labute approximate surface area is 198 Å². The number of nitrogens with two attached hydrogens (primary N) is 1. The topological polar surface area (TPSA) is 115 Å². The fourth-order valence-electron chi connectivity index (χ4n) is 5.05. The quantitative estimate of drug-likeness (QED) is 0.450. The van der Waals surface area contributed by atoms with Gasteiger partial charge in [0.25, 0.3) is 0 Å². The molecule has 0 spiro atoms. The Kier molecular flexibility index (Phi) is 5.95. The lowest BCUT2D eigenvalue weighted by Crippen LogP contribution is -2.40. The summed E-state index contributed by atoms with van der Waals surface area (Å²) in [4.78, 5) is 24.3. The van der Waals surface area contributed by atoms with Gasteiger partial charge in [-0.05, 0) is 44.9 Å². The van der Waals surface area contributed by atoms with E-state index >= 15 is 0 Å². The molecule has 1 aliphatic heterocycles. The lowest BCUT2D eigenvalue weighted by Gasteiger charge is -2.33. The van der Waals surface area contributed by atoms with Gasteiger partial charge in [0, 0.05) is 49.3 Å². The monoisotopic (exact) mass is 461 g/mol. The summed E-state index contributed by atoms with van der Waals surface area (Å²) in [5, 5.41) is 8.16. The number of hydrogen-bond acceptors (Lipinski definition) is 6. The minimum Gasteiger partial charge on any atom is -0.384 e. The summed E-state index contributed by atoms with van der Waals surface area (Å²) in [6.45, 7) is 6.21. The van der Waals surface area contributed by atoms with Gasteiger partial charge in [-0.25, -0.2) is 9.97 Å². The van der Waals surface area contributed by atoms with Crippen molar-refractivity contribution in [3.63, 3.8) is 0 Å². The number of fused-ring (bicyclic) bond motifs is 3. The molecule has 1 saturated heterocycles. The predicted molar refractivity (Wildman–Crippen MR) is 132 cm³/mol. The number of aromatic nitrogens is 5. The predicted octanol–water partition coefficient (Wildman–Crippen LogP) is 3.88. The first-order valence-corrected chi connectivity index (χ1v) is 11.9. The van der Waals surface area contributed by atoms with E-state index in [0.717, 1.165) is 58.4 Å². The Bertz CT molecular complexity index is 1330. The molecule has 4 heterocycles. The molecule has 5 rings (SSSR count). The van der Waals surface area contributed by atoms with Gasteiger partial charge in [0.2, 0.25) is 5.91 Å². The number of amides is 1. The number of carbonyl (C=O) groups is 1. The zero-order valence-electron chi connectivity index (χ0n) is 19.9. The summed E-state index contributed by atoms with van der Waals surface area (Å²) in [5.41, 5.74) is 10.8. The second kappa shape index (κ2) is 9.06. The lowest BCUT2D eigenvalue weighted by molar-refractivity contribution is -0.133. The number of ether oxygens (including phenoxy) is 1. The number of pyridine rings is 1. The molecule has 0 aliphatic carbocycles. The van der Waals surface area contributed by atoms with E-state index in [1.807, 2.05) is 17.0 Å². The smallest absolute Gasteiger partial charge is 0.224 e. The van der Waals surface area contributed by atoms with Crippen LogP contribution in [0.5, 0.6) is 0 Å². The molecule has 178 valence electrons. The maximum absolute atomic E-state index is 12.7. The van der Waals surface area contributed by atoms with Crippen LogP contribution in [0.2, 0.25) is 0 Å². The van der Waals surface area contributed by atoms with Crippen molar-refractivity contribution >= 4 is 33.7 Å². The van der Waals surface area contributed by atoms with Gasteiger partial charge in [-0.15, -0.1) is 0 Å². The molecule has 0 radical (unpaired) electrons. The van der Waals surface area contributed by atoms with Gasteiger partial charge in [0.1, 0.15) is 11.3 Å². The number of methoxy groups -OCH3 is 1. The van der Waals surface area contributed by atoms with E-state index < -0.39 is 0 Å². The molecule has 0 saturated carbocycles. The lowest BCUT2D eigenvalue weighted by atomic mass is 9.96. The van der Waals surface area contributed by atoms with Crippen molar-refractivity contribution in [2.45, 2.75) is 45.1 Å². The van der Waals surface area contributed by atoms with Crippen LogP contribution in [0.4, 0.5) is 5.82 Å². The number of nitrogens with one attached hydrogen (secondary N) is 1. The molecule has 34 heavy (non-hydrogen) atoms. The highest BCUT2D eigenvalue weighted by Crippen LogP contribution is 2.37. The molecule has 1 atom stereocenters. The van der Waals surface area contributed by atoms with Crippen molar-refractivity contribution < 1.29 is 9.53 Å². The Morgan fingerprint density at radius 2 is 2.15 bits per heavy atom. The van der Waals surface area contributed by atoms with E-state index in [-0.39, 0.29) is 17.9 Å². The minimum atomic E-state index is 0.135. The number of benzene rings is 1. The first-order valence-electron chi connectivity index (χ1n) is 11.9. The molecular formula is C25H31N7O2. The summed E-state index contributed by atoms with van der Waals surface area (Å²) < 4.78 is 7.39. The molecule has 1 aliphatic rings. The molecule has 0 bridgehead atoms. The van der Waals surface area contributed by atoms with Crippen LogP contribution in [0, 0.1) is 0 Å². The number of piperidine rings is 1. The van der Waals surface area contributed by atoms with Gasteiger partial charge < -0.3 is 19.9 Å². The Morgan fingerprint density at radius 3 is 2.88 bits per heavy atom. The normalized spacial score (nSPS) is 16.7. The van der Waals surface area contributed by atoms with Crippen molar-refractivity contribution in [1.82, 2.24) is 29.6 Å². The maximum atomic E-state index is 12.7. The number of nitrogen functional groups attached to an aromatic ring is 1. The average Bonchev–Trinajstić information content (AvgIpc) is 3.51. The second-order valence-corrected chi connectivity index (χ2v) is 9.24. The van der Waals surface area contributed by atoms with E-state index in [9.17, 15) is 4.79 Å². The third kappa shape index (κ3) is 3.90. The molecule has 3 aromatic heterocycles. The highest BCUT2D eigenvalue weighted by molar-refractivity contribution is 6.07. The second-order valence-electron chi connectivity index (χ2n) is 9.24. The van der Waals surface area contributed by atoms with E-state index in [0.29, 0.717) is 25.4 Å². The minimum absolute atomic E-state index is 0.135. The molecule has 1 fully saturated rings. The van der Waals surface area contributed by atoms with Crippen molar-refractivity contribution in [1.29, 1.82) is 0 Å². The van der Waals surface area contributed by atoms with Crippen LogP contribution < -0.4 is 5.73 Å². The summed E-state index contributed by atoms with van der Waals surface area (Å²) in [5.74, 6) is 1.68. The summed E-state index contributed by atoms with van der Waals surface area (Å²) in [6, 6.07) is 8.28. The third-order valence-corrected chi connectivity index (χ3v) is 6.65. The van der Waals surface area contributed by atoms with Gasteiger partial charge in [-0.3, -0.25) is 9.89 Å². The number of H-pyrrole nitrogens is 1. The molecule has 3 N–H and O–H groups in total. The van der Waals surface area contributed by atoms with Gasteiger partial charge in [-0.2, -0.15) is 5.10 Å². The molecule has 9 nitrogen and oxygen atoms in total. The number of nitrogens with zero attached hydrogens (tertiary/aromatic N) is 5. The number of likely N-dealkylation sites (tertiary alicyclic amines) is 1. The van der Waals surface area contributed by atoms with Crippen LogP contribution in [0.1, 0.15) is 50.9 Å². The molecule has 4 aromatic rings. The van der Waals surface area contributed by atoms with Crippen molar-refractivity contribution in [3.05, 3.63) is 36.3 Å². The van der Waals surface area contributed by atoms with Crippen LogP contribution in [0.15, 0.2) is 30.5 Å². The zero-order chi connectivity index (χ0) is 23.8. The number of hydrogen-bond donors (Lipinski definition) is 2. The highest BCUT2D eigenvalue weighted by atomic mass is 16.5. The van der Waals surface area contributed by atoms with Gasteiger partial charge in [0.05, 0.1) is 29.8 Å². The van der Waals surface area contributed by atoms with E-state index in [4.69, 9.17) is 20.4 Å². The molecule has 1 aromatic carbocycles. The van der Waals surface area contributed by atoms with Crippen LogP contribution in [-0.4, -0.2) is 62.3 Å². The molecule has 1 amide bonds. The van der Waals surface area contributed by atoms with E-state index in [1.54, 1.807) is 13.3 Å². The largest absolute Gasteiger partial charge is 0.384 e. The fraction of sp³-hybridized carbons (Fsp3) is 0.440. The van der Waals surface area contributed by atoms with Crippen LogP contribution in [0.25, 0.3) is 33.2 Å². The van der Waals surface area contributed by atoms with Gasteiger partial charge in [-0.1, -0.05) is 6.07 Å².